The molecule has 1 aliphatic heterocycles. The normalized spacial score (nSPS) is 19.5. The Labute approximate surface area is 145 Å². The number of benzene rings is 1. The first kappa shape index (κ1) is 18.0. The summed E-state index contributed by atoms with van der Waals surface area (Å²) >= 11 is 7.46. The quantitative estimate of drug-likeness (QED) is 0.884. The first-order valence-corrected chi connectivity index (χ1v) is 9.57. The minimum Gasteiger partial charge on any atom is -0.318 e. The van der Waals surface area contributed by atoms with Gasteiger partial charge in [-0.15, -0.1) is 23.7 Å². The minimum absolute atomic E-state index is 0. The van der Waals surface area contributed by atoms with Crippen LogP contribution in [-0.2, 0) is 10.0 Å². The topological polar surface area (TPSA) is 49.4 Å². The van der Waals surface area contributed by atoms with Gasteiger partial charge in [0.2, 0.25) is 10.0 Å². The number of hydrogen-bond donors (Lipinski definition) is 1. The molecule has 0 aliphatic carbocycles. The number of nitrogens with one attached hydrogen (secondary N) is 1. The van der Waals surface area contributed by atoms with Crippen LogP contribution in [0.2, 0.25) is 5.02 Å². The summed E-state index contributed by atoms with van der Waals surface area (Å²) in [5, 5.41) is 6.09. The SMILES string of the molecule is CNCC1CCCN1S(=O)(=O)c1csc2ccc(Cl)cc12.Cl. The van der Waals surface area contributed by atoms with E-state index in [-0.39, 0.29) is 18.4 Å². The summed E-state index contributed by atoms with van der Waals surface area (Å²) in [6, 6.07) is 5.44. The lowest BCUT2D eigenvalue weighted by molar-refractivity contribution is 0.379. The Morgan fingerprint density at radius 3 is 2.95 bits per heavy atom. The number of fused-ring (bicyclic) bond motifs is 1. The molecule has 1 atom stereocenters. The van der Waals surface area contributed by atoms with Gasteiger partial charge < -0.3 is 5.32 Å². The third-order valence-electron chi connectivity index (χ3n) is 3.85. The fourth-order valence-corrected chi connectivity index (χ4v) is 6.18. The molecule has 1 N–H and O–H groups in total. The lowest BCUT2D eigenvalue weighted by Crippen LogP contribution is -2.40. The van der Waals surface area contributed by atoms with Crippen molar-refractivity contribution in [1.82, 2.24) is 9.62 Å². The lowest BCUT2D eigenvalue weighted by Gasteiger charge is -2.23. The van der Waals surface area contributed by atoms with Gasteiger partial charge in [0.05, 0.1) is 0 Å². The third kappa shape index (κ3) is 3.13. The van der Waals surface area contributed by atoms with Crippen molar-refractivity contribution in [3.05, 3.63) is 28.6 Å². The predicted octanol–water partition coefficient (Wildman–Crippen LogP) is 3.35. The van der Waals surface area contributed by atoms with Crippen molar-refractivity contribution >= 4 is 55.5 Å². The van der Waals surface area contributed by atoms with Crippen LogP contribution in [0.1, 0.15) is 12.8 Å². The van der Waals surface area contributed by atoms with Crippen LogP contribution < -0.4 is 5.32 Å². The highest BCUT2D eigenvalue weighted by molar-refractivity contribution is 7.89. The molecule has 22 heavy (non-hydrogen) atoms. The summed E-state index contributed by atoms with van der Waals surface area (Å²) < 4.78 is 28.5. The maximum atomic E-state index is 13.0. The van der Waals surface area contributed by atoms with Gasteiger partial charge in [-0.2, -0.15) is 4.31 Å². The monoisotopic (exact) mass is 380 g/mol. The molecule has 0 spiro atoms. The summed E-state index contributed by atoms with van der Waals surface area (Å²) in [5.41, 5.74) is 0. The Morgan fingerprint density at radius 1 is 1.45 bits per heavy atom. The van der Waals surface area contributed by atoms with Crippen molar-refractivity contribution in [3.63, 3.8) is 0 Å². The van der Waals surface area contributed by atoms with Gasteiger partial charge in [-0.05, 0) is 38.1 Å². The highest BCUT2D eigenvalue weighted by Crippen LogP contribution is 2.35. The van der Waals surface area contributed by atoms with Crippen molar-refractivity contribution in [1.29, 1.82) is 0 Å². The van der Waals surface area contributed by atoms with E-state index in [0.717, 1.165) is 22.9 Å². The number of nitrogens with zero attached hydrogens (tertiary/aromatic N) is 1. The van der Waals surface area contributed by atoms with Crippen LogP contribution in [0.25, 0.3) is 10.1 Å². The molecule has 1 aromatic heterocycles. The largest absolute Gasteiger partial charge is 0.318 e. The maximum Gasteiger partial charge on any atom is 0.244 e. The summed E-state index contributed by atoms with van der Waals surface area (Å²) in [7, 11) is -1.61. The molecule has 2 aromatic rings. The number of likely N-dealkylation sites (N-methyl/N-ethyl adjacent to an activating group) is 1. The second-order valence-corrected chi connectivity index (χ2v) is 8.42. The van der Waals surface area contributed by atoms with Gasteiger partial charge >= 0.3 is 0 Å². The number of thiophene rings is 1. The first-order valence-electron chi connectivity index (χ1n) is 6.87. The predicted molar refractivity (Wildman–Crippen MR) is 94.9 cm³/mol. The Morgan fingerprint density at radius 2 is 2.23 bits per heavy atom. The first-order chi connectivity index (χ1) is 10.0. The van der Waals surface area contributed by atoms with Crippen LogP contribution in [0.5, 0.6) is 0 Å². The summed E-state index contributed by atoms with van der Waals surface area (Å²) in [5.74, 6) is 0. The third-order valence-corrected chi connectivity index (χ3v) is 7.19. The van der Waals surface area contributed by atoms with Gasteiger partial charge in [-0.25, -0.2) is 8.42 Å². The zero-order valence-electron chi connectivity index (χ0n) is 12.1. The molecule has 0 amide bonds. The van der Waals surface area contributed by atoms with Crippen LogP contribution in [0.15, 0.2) is 28.5 Å². The van der Waals surface area contributed by atoms with E-state index >= 15 is 0 Å². The number of rotatable bonds is 4. The van der Waals surface area contributed by atoms with Crippen molar-refractivity contribution in [2.45, 2.75) is 23.8 Å². The number of halogens is 2. The molecular formula is C14H18Cl2N2O2S2. The number of hydrogen-bond acceptors (Lipinski definition) is 4. The smallest absolute Gasteiger partial charge is 0.244 e. The van der Waals surface area contributed by atoms with Crippen LogP contribution in [-0.4, -0.2) is 38.9 Å². The zero-order chi connectivity index (χ0) is 15.0. The molecule has 1 aliphatic rings. The highest BCUT2D eigenvalue weighted by Gasteiger charge is 2.36. The molecule has 1 unspecified atom stereocenters. The highest BCUT2D eigenvalue weighted by atomic mass is 35.5. The molecule has 122 valence electrons. The van der Waals surface area contributed by atoms with Gasteiger partial charge in [-0.3, -0.25) is 0 Å². The average Bonchev–Trinajstić information content (AvgIpc) is 3.05. The van der Waals surface area contributed by atoms with E-state index in [4.69, 9.17) is 11.6 Å². The summed E-state index contributed by atoms with van der Waals surface area (Å²) in [6.45, 7) is 1.27. The molecule has 1 saturated heterocycles. The van der Waals surface area contributed by atoms with E-state index in [1.54, 1.807) is 21.8 Å². The van der Waals surface area contributed by atoms with Crippen LogP contribution >= 0.6 is 35.3 Å². The Hall–Kier alpha value is -0.370. The van der Waals surface area contributed by atoms with E-state index in [1.807, 2.05) is 13.1 Å². The molecule has 4 nitrogen and oxygen atoms in total. The Balaban J connectivity index is 0.00000176. The molecule has 0 saturated carbocycles. The van der Waals surface area contributed by atoms with Crippen molar-refractivity contribution in [2.75, 3.05) is 20.1 Å². The molecule has 3 rings (SSSR count). The lowest BCUT2D eigenvalue weighted by atomic mass is 10.2. The Kier molecular flexibility index (Phi) is 5.74. The molecule has 0 radical (unpaired) electrons. The summed E-state index contributed by atoms with van der Waals surface area (Å²) in [4.78, 5) is 0.382. The minimum atomic E-state index is -3.46. The molecule has 0 bridgehead atoms. The second-order valence-electron chi connectivity index (χ2n) is 5.21. The second kappa shape index (κ2) is 7.03. The van der Waals surface area contributed by atoms with Crippen LogP contribution in [0.3, 0.4) is 0 Å². The fraction of sp³-hybridized carbons (Fsp3) is 0.429. The molecule has 8 heteroatoms. The standard InChI is InChI=1S/C14H17ClN2O2S2.ClH/c1-16-8-11-3-2-6-17(11)21(18,19)14-9-20-13-5-4-10(15)7-12(13)14;/h4-5,7,9,11,16H,2-3,6,8H2,1H3;1H. The number of sulfonamides is 1. The van der Waals surface area contributed by atoms with E-state index < -0.39 is 10.0 Å². The van der Waals surface area contributed by atoms with Gasteiger partial charge in [-0.1, -0.05) is 11.6 Å². The average molecular weight is 381 g/mol. The van der Waals surface area contributed by atoms with Gasteiger partial charge in [0, 0.05) is 39.6 Å². The maximum absolute atomic E-state index is 13.0. The van der Waals surface area contributed by atoms with E-state index in [1.165, 1.54) is 11.3 Å². The zero-order valence-corrected chi connectivity index (χ0v) is 15.3. The molecule has 2 heterocycles. The van der Waals surface area contributed by atoms with Crippen LogP contribution in [0, 0.1) is 0 Å². The Bertz CT molecular complexity index is 761. The van der Waals surface area contributed by atoms with Crippen LogP contribution in [0.4, 0.5) is 0 Å². The van der Waals surface area contributed by atoms with E-state index in [9.17, 15) is 8.42 Å². The van der Waals surface area contributed by atoms with Crippen molar-refractivity contribution in [3.8, 4) is 0 Å². The van der Waals surface area contributed by atoms with E-state index in [0.29, 0.717) is 23.0 Å². The van der Waals surface area contributed by atoms with Gasteiger partial charge in [0.1, 0.15) is 4.90 Å². The molecule has 1 fully saturated rings. The fourth-order valence-electron chi connectivity index (χ4n) is 2.87. The van der Waals surface area contributed by atoms with Crippen molar-refractivity contribution in [2.24, 2.45) is 0 Å². The van der Waals surface area contributed by atoms with E-state index in [2.05, 4.69) is 5.32 Å². The molecular weight excluding hydrogens is 363 g/mol. The summed E-state index contributed by atoms with van der Waals surface area (Å²) in [6.07, 6.45) is 1.82. The molecule has 1 aromatic carbocycles. The van der Waals surface area contributed by atoms with Crippen molar-refractivity contribution < 1.29 is 8.42 Å². The van der Waals surface area contributed by atoms with Gasteiger partial charge in [0.15, 0.2) is 0 Å². The van der Waals surface area contributed by atoms with Gasteiger partial charge in [0.25, 0.3) is 0 Å².